The van der Waals surface area contributed by atoms with Crippen LogP contribution < -0.4 is 0 Å². The average molecular weight is 404 g/mol. The monoisotopic (exact) mass is 403 g/mol. The second-order valence-corrected chi connectivity index (χ2v) is 11.0. The van der Waals surface area contributed by atoms with Crippen LogP contribution in [0, 0.1) is 11.3 Å². The smallest absolute Gasteiger partial charge is 0.0534 e. The summed E-state index contributed by atoms with van der Waals surface area (Å²) in [7, 11) is 3.73. The Morgan fingerprint density at radius 3 is 2.11 bits per heavy atom. The van der Waals surface area contributed by atoms with Gasteiger partial charge in [0.05, 0.1) is 10.2 Å². The van der Waals surface area contributed by atoms with Gasteiger partial charge in [-0.05, 0) is 59.8 Å². The van der Waals surface area contributed by atoms with Crippen molar-refractivity contribution in [3.8, 4) is 11.1 Å². The fraction of sp³-hybridized carbons (Fsp3) is 0.385. The highest BCUT2D eigenvalue weighted by molar-refractivity contribution is 6.44. The average Bonchev–Trinajstić information content (AvgIpc) is 3.32. The molecule has 0 spiro atoms. The summed E-state index contributed by atoms with van der Waals surface area (Å²) in [5.74, 6) is 0.765. The predicted octanol–water partition coefficient (Wildman–Crippen LogP) is 7.23. The molecule has 4 rings (SSSR count). The second kappa shape index (κ2) is 7.35. The van der Waals surface area contributed by atoms with E-state index in [1.165, 1.54) is 22.3 Å². The molecule has 0 nitrogen and oxygen atoms in total. The lowest BCUT2D eigenvalue weighted by Crippen LogP contribution is -2.32. The summed E-state index contributed by atoms with van der Waals surface area (Å²) in [5, 5.41) is 0. The number of hydrogen-bond donors (Lipinski definition) is 0. The summed E-state index contributed by atoms with van der Waals surface area (Å²) in [6.45, 7) is 6.78. The first-order chi connectivity index (χ1) is 13.3. The maximum atomic E-state index is 6.58. The van der Waals surface area contributed by atoms with Crippen LogP contribution in [0.2, 0.25) is 0 Å². The normalized spacial score (nSPS) is 20.8. The third kappa shape index (κ3) is 3.33. The van der Waals surface area contributed by atoms with Gasteiger partial charge in [0.1, 0.15) is 0 Å². The molecule has 28 heavy (non-hydrogen) atoms. The fourth-order valence-electron chi connectivity index (χ4n) is 4.99. The van der Waals surface area contributed by atoms with Gasteiger partial charge in [-0.25, -0.2) is 0 Å². The molecule has 0 amide bonds. The van der Waals surface area contributed by atoms with Crippen molar-refractivity contribution in [2.24, 2.45) is 11.3 Å². The summed E-state index contributed by atoms with van der Waals surface area (Å²) in [4.78, 5) is 0. The Morgan fingerprint density at radius 1 is 1.04 bits per heavy atom. The van der Waals surface area contributed by atoms with Crippen LogP contribution in [0.3, 0.4) is 0 Å². The topological polar surface area (TPSA) is 0 Å². The number of benzene rings is 2. The minimum atomic E-state index is -0.366. The fourth-order valence-corrected chi connectivity index (χ4v) is 5.24. The Bertz CT molecular complexity index is 888. The van der Waals surface area contributed by atoms with Crippen molar-refractivity contribution in [1.29, 1.82) is 0 Å². The Balaban J connectivity index is 1.79. The highest BCUT2D eigenvalue weighted by Gasteiger charge is 2.44. The van der Waals surface area contributed by atoms with E-state index in [1.54, 1.807) is 5.57 Å². The molecule has 2 aliphatic rings. The molecule has 3 unspecified atom stereocenters. The molecule has 143 valence electrons. The highest BCUT2D eigenvalue weighted by atomic mass is 35.5. The maximum Gasteiger partial charge on any atom is 0.0534 e. The lowest BCUT2D eigenvalue weighted by atomic mass is 9.64. The lowest BCUT2D eigenvalue weighted by Gasteiger charge is -2.40. The van der Waals surface area contributed by atoms with Crippen LogP contribution in [0.4, 0.5) is 0 Å². The van der Waals surface area contributed by atoms with Gasteiger partial charge in [-0.3, -0.25) is 0 Å². The van der Waals surface area contributed by atoms with Crippen LogP contribution in [0.15, 0.2) is 72.3 Å². The Kier molecular flexibility index (Phi) is 5.18. The van der Waals surface area contributed by atoms with Crippen molar-refractivity contribution in [3.63, 3.8) is 0 Å². The van der Waals surface area contributed by atoms with Gasteiger partial charge < -0.3 is 0 Å². The van der Waals surface area contributed by atoms with Crippen LogP contribution in [-0.4, -0.2) is 14.7 Å². The van der Waals surface area contributed by atoms with Crippen LogP contribution in [0.1, 0.15) is 57.1 Å². The molecule has 3 atom stereocenters. The van der Waals surface area contributed by atoms with Crippen molar-refractivity contribution in [2.75, 3.05) is 0 Å². The predicted molar refractivity (Wildman–Crippen MR) is 122 cm³/mol. The van der Waals surface area contributed by atoms with Gasteiger partial charge in [0.25, 0.3) is 0 Å². The maximum absolute atomic E-state index is 6.58. The van der Waals surface area contributed by atoms with E-state index in [-0.39, 0.29) is 9.91 Å². The van der Waals surface area contributed by atoms with E-state index >= 15 is 0 Å². The summed E-state index contributed by atoms with van der Waals surface area (Å²) in [5.41, 5.74) is 7.35. The first kappa shape index (κ1) is 19.7. The molecule has 2 aromatic rings. The van der Waals surface area contributed by atoms with Crippen molar-refractivity contribution in [1.82, 2.24) is 0 Å². The zero-order valence-corrected chi connectivity index (χ0v) is 18.8. The van der Waals surface area contributed by atoms with E-state index < -0.39 is 0 Å². The van der Waals surface area contributed by atoms with Gasteiger partial charge >= 0.3 is 0 Å². The van der Waals surface area contributed by atoms with E-state index in [0.29, 0.717) is 11.8 Å². The van der Waals surface area contributed by atoms with E-state index in [1.807, 2.05) is 0 Å². The Hall–Kier alpha value is -1.57. The molecule has 0 saturated heterocycles. The van der Waals surface area contributed by atoms with Gasteiger partial charge in [0.2, 0.25) is 0 Å². The molecule has 2 heteroatoms. The Morgan fingerprint density at radius 2 is 1.61 bits per heavy atom. The molecule has 2 aromatic carbocycles. The van der Waals surface area contributed by atoms with E-state index in [4.69, 9.17) is 11.6 Å². The van der Waals surface area contributed by atoms with Gasteiger partial charge in [-0.2, -0.15) is 0 Å². The van der Waals surface area contributed by atoms with Crippen LogP contribution in [0.25, 0.3) is 11.1 Å². The third-order valence-corrected chi connectivity index (χ3v) is 7.86. The molecule has 0 fully saturated rings. The van der Waals surface area contributed by atoms with E-state index in [2.05, 4.69) is 97.8 Å². The number of allylic oxidation sites excluding steroid dienone is 4. The van der Waals surface area contributed by atoms with Crippen LogP contribution >= 0.6 is 11.6 Å². The van der Waals surface area contributed by atoms with Crippen LogP contribution in [0.5, 0.6) is 0 Å². The molecular formula is C26H28ClSi. The van der Waals surface area contributed by atoms with Crippen molar-refractivity contribution < 1.29 is 0 Å². The number of alkyl halides is 1. The molecule has 0 aromatic heterocycles. The van der Waals surface area contributed by atoms with Gasteiger partial charge in [-0.1, -0.05) is 86.2 Å². The molecular weight excluding hydrogens is 376 g/mol. The van der Waals surface area contributed by atoms with E-state index in [0.717, 1.165) is 19.3 Å². The first-order valence-corrected chi connectivity index (χ1v) is 11.2. The summed E-state index contributed by atoms with van der Waals surface area (Å²) >= 11 is 6.58. The standard InChI is InChI=1S/C26H28ClSi/c1-18(26(3,27)28)16-17-25(2,19-10-4-5-11-19)24-22-14-8-6-12-20(22)21-13-7-9-15-23(21)24/h4-10,12-15,18,24H,11,16-17H2,1-3H3. The molecule has 0 bridgehead atoms. The second-order valence-electron chi connectivity index (χ2n) is 8.86. The molecule has 0 aliphatic heterocycles. The molecule has 2 aliphatic carbocycles. The first-order valence-electron chi connectivity index (χ1n) is 10.3. The number of halogens is 1. The third-order valence-electron chi connectivity index (χ3n) is 7.00. The van der Waals surface area contributed by atoms with Gasteiger partial charge in [-0.15, -0.1) is 11.6 Å². The zero-order valence-electron chi connectivity index (χ0n) is 17.0. The van der Waals surface area contributed by atoms with Crippen molar-refractivity contribution >= 4 is 21.8 Å². The van der Waals surface area contributed by atoms with E-state index in [9.17, 15) is 0 Å². The highest BCUT2D eigenvalue weighted by Crippen LogP contribution is 2.58. The summed E-state index contributed by atoms with van der Waals surface area (Å²) < 4.78 is -0.366. The van der Waals surface area contributed by atoms with Crippen molar-refractivity contribution in [2.45, 2.75) is 50.4 Å². The lowest BCUT2D eigenvalue weighted by molar-refractivity contribution is 0.281. The molecule has 0 N–H and O–H groups in total. The quantitative estimate of drug-likeness (QED) is 0.352. The largest absolute Gasteiger partial charge is 0.124 e. The molecule has 0 saturated carbocycles. The molecule has 0 heterocycles. The summed E-state index contributed by atoms with van der Waals surface area (Å²) in [6.07, 6.45) is 10.1. The Labute approximate surface area is 178 Å². The summed E-state index contributed by atoms with van der Waals surface area (Å²) in [6, 6.07) is 17.9. The number of rotatable bonds is 6. The van der Waals surface area contributed by atoms with Gasteiger partial charge in [0, 0.05) is 10.4 Å². The zero-order chi connectivity index (χ0) is 19.9. The number of fused-ring (bicyclic) bond motifs is 3. The van der Waals surface area contributed by atoms with Crippen LogP contribution in [-0.2, 0) is 0 Å². The number of hydrogen-bond acceptors (Lipinski definition) is 0. The SMILES string of the molecule is CC(CCC(C)(C1=CC=CC1)C1c2ccccc2-c2ccccc21)C(C)([Si])Cl. The minimum absolute atomic E-state index is 0.0643. The molecule has 3 radical (unpaired) electrons. The van der Waals surface area contributed by atoms with Crippen molar-refractivity contribution in [3.05, 3.63) is 83.5 Å². The minimum Gasteiger partial charge on any atom is -0.124 e. The van der Waals surface area contributed by atoms with Gasteiger partial charge in [0.15, 0.2) is 0 Å².